The van der Waals surface area contributed by atoms with Gasteiger partial charge in [0.05, 0.1) is 10.4 Å². The summed E-state index contributed by atoms with van der Waals surface area (Å²) in [5, 5.41) is 3.04. The standard InChI is InChI=1S/C12H12BrNOS/c13-8-4-3-5-9-10(8)16-12(11(15)14-9)6-1-2-7-12/h3-5H,1-2,6-7H2,(H,14,15). The first-order valence-electron chi connectivity index (χ1n) is 5.50. The Balaban J connectivity index is 2.06. The third kappa shape index (κ3) is 1.51. The largest absolute Gasteiger partial charge is 0.324 e. The van der Waals surface area contributed by atoms with Gasteiger partial charge >= 0.3 is 0 Å². The number of hydrogen-bond acceptors (Lipinski definition) is 2. The van der Waals surface area contributed by atoms with Crippen molar-refractivity contribution < 1.29 is 4.79 Å². The molecule has 0 atom stereocenters. The van der Waals surface area contributed by atoms with Crippen molar-refractivity contribution in [2.24, 2.45) is 0 Å². The van der Waals surface area contributed by atoms with Gasteiger partial charge in [0.15, 0.2) is 0 Å². The maximum absolute atomic E-state index is 12.1. The Morgan fingerprint density at radius 1 is 1.31 bits per heavy atom. The molecule has 0 aromatic heterocycles. The minimum Gasteiger partial charge on any atom is -0.324 e. The SMILES string of the molecule is O=C1Nc2cccc(Br)c2SC12CCCC2. The Morgan fingerprint density at radius 2 is 2.06 bits per heavy atom. The minimum absolute atomic E-state index is 0.195. The van der Waals surface area contributed by atoms with Gasteiger partial charge in [-0.05, 0) is 40.9 Å². The molecule has 2 nitrogen and oxygen atoms in total. The molecule has 1 fully saturated rings. The first-order chi connectivity index (χ1) is 7.71. The van der Waals surface area contributed by atoms with Gasteiger partial charge in [-0.15, -0.1) is 11.8 Å². The lowest BCUT2D eigenvalue weighted by Gasteiger charge is -2.33. The monoisotopic (exact) mass is 297 g/mol. The summed E-state index contributed by atoms with van der Waals surface area (Å²) in [5.41, 5.74) is 0.946. The van der Waals surface area contributed by atoms with E-state index in [1.165, 1.54) is 17.7 Å². The topological polar surface area (TPSA) is 29.1 Å². The summed E-state index contributed by atoms with van der Waals surface area (Å²) in [6, 6.07) is 5.95. The highest BCUT2D eigenvalue weighted by atomic mass is 79.9. The van der Waals surface area contributed by atoms with Gasteiger partial charge in [-0.1, -0.05) is 18.9 Å². The van der Waals surface area contributed by atoms with Crippen molar-refractivity contribution in [2.45, 2.75) is 35.3 Å². The van der Waals surface area contributed by atoms with Crippen LogP contribution in [0.5, 0.6) is 0 Å². The van der Waals surface area contributed by atoms with Gasteiger partial charge in [-0.3, -0.25) is 4.79 Å². The number of hydrogen-bond donors (Lipinski definition) is 1. The molecule has 1 aromatic rings. The Labute approximate surface area is 107 Å². The number of rotatable bonds is 0. The van der Waals surface area contributed by atoms with Crippen LogP contribution in [0.4, 0.5) is 5.69 Å². The molecule has 1 heterocycles. The van der Waals surface area contributed by atoms with Gasteiger partial charge in [0.1, 0.15) is 0 Å². The third-order valence-corrected chi connectivity index (χ3v) is 5.89. The number of halogens is 1. The second-order valence-corrected chi connectivity index (χ2v) is 6.62. The van der Waals surface area contributed by atoms with Gasteiger partial charge in [0.25, 0.3) is 0 Å². The molecule has 84 valence electrons. The van der Waals surface area contributed by atoms with Gasteiger partial charge in [0, 0.05) is 9.37 Å². The molecule has 1 amide bonds. The van der Waals surface area contributed by atoms with Crippen molar-refractivity contribution >= 4 is 39.3 Å². The molecule has 2 aliphatic rings. The smallest absolute Gasteiger partial charge is 0.241 e. The molecule has 4 heteroatoms. The molecule has 0 unspecified atom stereocenters. The number of thioether (sulfide) groups is 1. The Morgan fingerprint density at radius 3 is 2.81 bits per heavy atom. The van der Waals surface area contributed by atoms with Crippen LogP contribution in [-0.2, 0) is 4.79 Å². The summed E-state index contributed by atoms with van der Waals surface area (Å²) in [6.45, 7) is 0. The highest BCUT2D eigenvalue weighted by molar-refractivity contribution is 9.10. The molecule has 1 saturated carbocycles. The number of carbonyl (C=O) groups is 1. The predicted octanol–water partition coefficient (Wildman–Crippen LogP) is 3.81. The zero-order chi connectivity index (χ0) is 11.2. The molecule has 0 radical (unpaired) electrons. The van der Waals surface area contributed by atoms with Crippen molar-refractivity contribution in [3.05, 3.63) is 22.7 Å². The molecule has 1 aliphatic heterocycles. The molecule has 16 heavy (non-hydrogen) atoms. The minimum atomic E-state index is -0.198. The Bertz CT molecular complexity index is 454. The van der Waals surface area contributed by atoms with E-state index in [0.29, 0.717) is 0 Å². The van der Waals surface area contributed by atoms with Crippen LogP contribution in [-0.4, -0.2) is 10.7 Å². The maximum atomic E-state index is 12.1. The van der Waals surface area contributed by atoms with E-state index in [2.05, 4.69) is 21.2 Å². The van der Waals surface area contributed by atoms with Crippen LogP contribution in [0.15, 0.2) is 27.6 Å². The lowest BCUT2D eigenvalue weighted by Crippen LogP contribution is -2.40. The van der Waals surface area contributed by atoms with E-state index >= 15 is 0 Å². The molecule has 0 bridgehead atoms. The summed E-state index contributed by atoms with van der Waals surface area (Å²) in [6.07, 6.45) is 4.34. The number of carbonyl (C=O) groups excluding carboxylic acids is 1. The first kappa shape index (κ1) is 10.7. The van der Waals surface area contributed by atoms with Crippen molar-refractivity contribution in [1.82, 2.24) is 0 Å². The van der Waals surface area contributed by atoms with Crippen molar-refractivity contribution in [1.29, 1.82) is 0 Å². The van der Waals surface area contributed by atoms with E-state index in [0.717, 1.165) is 23.0 Å². The Kier molecular flexibility index (Phi) is 2.51. The van der Waals surface area contributed by atoms with Crippen molar-refractivity contribution in [3.63, 3.8) is 0 Å². The van der Waals surface area contributed by atoms with Crippen LogP contribution in [0.3, 0.4) is 0 Å². The van der Waals surface area contributed by atoms with E-state index in [-0.39, 0.29) is 10.7 Å². The lowest BCUT2D eigenvalue weighted by atomic mass is 10.1. The molecular formula is C12H12BrNOS. The maximum Gasteiger partial charge on any atom is 0.241 e. The van der Waals surface area contributed by atoms with Crippen LogP contribution in [0.2, 0.25) is 0 Å². The number of fused-ring (bicyclic) bond motifs is 1. The molecular weight excluding hydrogens is 286 g/mol. The van der Waals surface area contributed by atoms with Gasteiger partial charge < -0.3 is 5.32 Å². The first-order valence-corrected chi connectivity index (χ1v) is 7.11. The van der Waals surface area contributed by atoms with Crippen LogP contribution < -0.4 is 5.32 Å². The van der Waals surface area contributed by atoms with Crippen molar-refractivity contribution in [3.8, 4) is 0 Å². The van der Waals surface area contributed by atoms with E-state index < -0.39 is 0 Å². The summed E-state index contributed by atoms with van der Waals surface area (Å²) in [5.74, 6) is 0.195. The van der Waals surface area contributed by atoms with Gasteiger partial charge in [0.2, 0.25) is 5.91 Å². The fraction of sp³-hybridized carbons (Fsp3) is 0.417. The number of anilines is 1. The zero-order valence-corrected chi connectivity index (χ0v) is 11.2. The van der Waals surface area contributed by atoms with Gasteiger partial charge in [-0.25, -0.2) is 0 Å². The fourth-order valence-electron chi connectivity index (χ4n) is 2.46. The van der Waals surface area contributed by atoms with Crippen LogP contribution in [0.1, 0.15) is 25.7 Å². The summed E-state index contributed by atoms with van der Waals surface area (Å²) < 4.78 is 0.887. The Hall–Kier alpha value is -0.480. The zero-order valence-electron chi connectivity index (χ0n) is 8.75. The second kappa shape index (κ2) is 3.77. The van der Waals surface area contributed by atoms with Crippen molar-refractivity contribution in [2.75, 3.05) is 5.32 Å². The quantitative estimate of drug-likeness (QED) is 0.789. The average molecular weight is 298 g/mol. The molecule has 1 aromatic carbocycles. The van der Waals surface area contributed by atoms with E-state index in [1.807, 2.05) is 18.2 Å². The number of nitrogens with one attached hydrogen (secondary N) is 1. The average Bonchev–Trinajstić information content (AvgIpc) is 2.72. The number of amides is 1. The molecule has 1 N–H and O–H groups in total. The van der Waals surface area contributed by atoms with Crippen LogP contribution in [0, 0.1) is 0 Å². The molecule has 3 rings (SSSR count). The lowest BCUT2D eigenvalue weighted by molar-refractivity contribution is -0.118. The number of benzene rings is 1. The normalized spacial score (nSPS) is 21.9. The predicted molar refractivity (Wildman–Crippen MR) is 69.8 cm³/mol. The second-order valence-electron chi connectivity index (χ2n) is 4.37. The van der Waals surface area contributed by atoms with E-state index in [4.69, 9.17) is 0 Å². The molecule has 0 saturated heterocycles. The molecule has 1 spiro atoms. The van der Waals surface area contributed by atoms with E-state index in [1.54, 1.807) is 11.8 Å². The summed E-state index contributed by atoms with van der Waals surface area (Å²) in [4.78, 5) is 13.3. The third-order valence-electron chi connectivity index (χ3n) is 3.34. The summed E-state index contributed by atoms with van der Waals surface area (Å²) in [7, 11) is 0. The highest BCUT2D eigenvalue weighted by Gasteiger charge is 2.45. The fourth-order valence-corrected chi connectivity index (χ4v) is 4.50. The van der Waals surface area contributed by atoms with Gasteiger partial charge in [-0.2, -0.15) is 0 Å². The van der Waals surface area contributed by atoms with Crippen LogP contribution in [0.25, 0.3) is 0 Å². The van der Waals surface area contributed by atoms with E-state index in [9.17, 15) is 4.79 Å². The molecule has 1 aliphatic carbocycles. The van der Waals surface area contributed by atoms with Crippen LogP contribution >= 0.6 is 27.7 Å². The summed E-state index contributed by atoms with van der Waals surface area (Å²) >= 11 is 5.30. The highest BCUT2D eigenvalue weighted by Crippen LogP contribution is 2.52.